The van der Waals surface area contributed by atoms with Crippen molar-refractivity contribution >= 4 is 34.7 Å². The fourth-order valence-electron chi connectivity index (χ4n) is 2.67. The highest BCUT2D eigenvalue weighted by Crippen LogP contribution is 2.32. The highest BCUT2D eigenvalue weighted by Gasteiger charge is 2.20. The molecule has 0 bridgehead atoms. The van der Waals surface area contributed by atoms with Gasteiger partial charge in [0.25, 0.3) is 0 Å². The van der Waals surface area contributed by atoms with Gasteiger partial charge < -0.3 is 25.6 Å². The predicted octanol–water partition coefficient (Wildman–Crippen LogP) is 4.58. The summed E-state index contributed by atoms with van der Waals surface area (Å²) in [5, 5.41) is 25.1. The van der Waals surface area contributed by atoms with E-state index < -0.39 is 11.9 Å². The standard InChI is InChI=1S/C21H18N2O5/c1-28-15-9-7-14(8-10-15)23-19-12-17(21(26)27)16(20(24)25)11-18(19)22-13-5-3-2-4-6-13/h2-12,22-23H,1H3,(H,24,25)(H,26,27). The van der Waals surface area contributed by atoms with Crippen LogP contribution in [0.2, 0.25) is 0 Å². The molecular formula is C21H18N2O5. The third-order valence-corrected chi connectivity index (χ3v) is 4.04. The topological polar surface area (TPSA) is 108 Å². The molecule has 0 heterocycles. The zero-order chi connectivity index (χ0) is 20.1. The minimum absolute atomic E-state index is 0.300. The highest BCUT2D eigenvalue weighted by atomic mass is 16.5. The van der Waals surface area contributed by atoms with Crippen LogP contribution in [0.5, 0.6) is 5.75 Å². The van der Waals surface area contributed by atoms with Crippen LogP contribution in [0.3, 0.4) is 0 Å². The van der Waals surface area contributed by atoms with E-state index in [2.05, 4.69) is 10.6 Å². The number of benzene rings is 3. The predicted molar refractivity (Wildman–Crippen MR) is 106 cm³/mol. The number of rotatable bonds is 7. The quantitative estimate of drug-likeness (QED) is 0.477. The summed E-state index contributed by atoms with van der Waals surface area (Å²) in [5.41, 5.74) is 1.69. The Balaban J connectivity index is 2.06. The summed E-state index contributed by atoms with van der Waals surface area (Å²) in [6, 6.07) is 18.9. The van der Waals surface area contributed by atoms with Crippen LogP contribution in [0.1, 0.15) is 20.7 Å². The summed E-state index contributed by atoms with van der Waals surface area (Å²) in [5.74, 6) is -1.95. The molecule has 0 fully saturated rings. The maximum atomic E-state index is 11.6. The van der Waals surface area contributed by atoms with Crippen molar-refractivity contribution in [2.45, 2.75) is 0 Å². The molecule has 0 aliphatic carbocycles. The number of carboxylic acids is 2. The molecule has 0 amide bonds. The van der Waals surface area contributed by atoms with Gasteiger partial charge in [0.15, 0.2) is 0 Å². The maximum Gasteiger partial charge on any atom is 0.336 e. The van der Waals surface area contributed by atoms with Crippen LogP contribution in [0.15, 0.2) is 66.7 Å². The van der Waals surface area contributed by atoms with Gasteiger partial charge in [0.05, 0.1) is 29.6 Å². The van der Waals surface area contributed by atoms with Crippen molar-refractivity contribution in [3.05, 3.63) is 77.9 Å². The van der Waals surface area contributed by atoms with Gasteiger partial charge in [0.2, 0.25) is 0 Å². The van der Waals surface area contributed by atoms with Gasteiger partial charge in [-0.3, -0.25) is 0 Å². The molecule has 3 rings (SSSR count). The molecular weight excluding hydrogens is 360 g/mol. The lowest BCUT2D eigenvalue weighted by Crippen LogP contribution is -2.10. The minimum Gasteiger partial charge on any atom is -0.497 e. The number of carboxylic acid groups (broad SMARTS) is 2. The van der Waals surface area contributed by atoms with Gasteiger partial charge in [-0.05, 0) is 48.5 Å². The van der Waals surface area contributed by atoms with Crippen molar-refractivity contribution in [2.75, 3.05) is 17.7 Å². The van der Waals surface area contributed by atoms with E-state index in [0.29, 0.717) is 22.8 Å². The Morgan fingerprint density at radius 2 is 1.21 bits per heavy atom. The molecule has 3 aromatic carbocycles. The van der Waals surface area contributed by atoms with E-state index in [1.165, 1.54) is 12.1 Å². The third kappa shape index (κ3) is 4.21. The summed E-state index contributed by atoms with van der Waals surface area (Å²) >= 11 is 0. The summed E-state index contributed by atoms with van der Waals surface area (Å²) < 4.78 is 5.13. The fraction of sp³-hybridized carbons (Fsp3) is 0.0476. The van der Waals surface area contributed by atoms with Gasteiger partial charge in [0.1, 0.15) is 5.75 Å². The third-order valence-electron chi connectivity index (χ3n) is 4.04. The van der Waals surface area contributed by atoms with Crippen molar-refractivity contribution < 1.29 is 24.5 Å². The Morgan fingerprint density at radius 3 is 1.64 bits per heavy atom. The Morgan fingerprint density at radius 1 is 0.750 bits per heavy atom. The van der Waals surface area contributed by atoms with E-state index in [-0.39, 0.29) is 11.1 Å². The second-order valence-electron chi connectivity index (χ2n) is 5.90. The molecule has 0 aliphatic rings. The number of hydrogen-bond acceptors (Lipinski definition) is 5. The lowest BCUT2D eigenvalue weighted by molar-refractivity contribution is 0.0651. The first kappa shape index (κ1) is 18.8. The largest absolute Gasteiger partial charge is 0.497 e. The van der Waals surface area contributed by atoms with Crippen LogP contribution < -0.4 is 15.4 Å². The first-order valence-electron chi connectivity index (χ1n) is 8.35. The second-order valence-corrected chi connectivity index (χ2v) is 5.90. The van der Waals surface area contributed by atoms with Gasteiger partial charge in [0, 0.05) is 11.4 Å². The average molecular weight is 378 g/mol. The van der Waals surface area contributed by atoms with Gasteiger partial charge in [-0.1, -0.05) is 18.2 Å². The number of hydrogen-bond donors (Lipinski definition) is 4. The zero-order valence-electron chi connectivity index (χ0n) is 15.0. The minimum atomic E-state index is -1.32. The van der Waals surface area contributed by atoms with Gasteiger partial charge in [-0.15, -0.1) is 0 Å². The Labute approximate surface area is 161 Å². The molecule has 4 N–H and O–H groups in total. The second kappa shape index (κ2) is 8.13. The maximum absolute atomic E-state index is 11.6. The first-order valence-corrected chi connectivity index (χ1v) is 8.35. The van der Waals surface area contributed by atoms with Crippen molar-refractivity contribution in [3.63, 3.8) is 0 Å². The zero-order valence-corrected chi connectivity index (χ0v) is 15.0. The number of aromatic carboxylic acids is 2. The summed E-state index contributed by atoms with van der Waals surface area (Å²) in [6.07, 6.45) is 0. The number of carbonyl (C=O) groups is 2. The molecule has 0 unspecified atom stereocenters. The fourth-order valence-corrected chi connectivity index (χ4v) is 2.67. The highest BCUT2D eigenvalue weighted by molar-refractivity contribution is 6.04. The molecule has 0 aromatic heterocycles. The number of methoxy groups -OCH3 is 1. The Hall–Kier alpha value is -4.00. The van der Waals surface area contributed by atoms with Crippen LogP contribution in [0.25, 0.3) is 0 Å². The van der Waals surface area contributed by atoms with Gasteiger partial charge >= 0.3 is 11.9 Å². The van der Waals surface area contributed by atoms with Crippen molar-refractivity contribution in [3.8, 4) is 5.75 Å². The van der Waals surface area contributed by atoms with Crippen LogP contribution in [0.4, 0.5) is 22.7 Å². The molecule has 3 aromatic rings. The Bertz CT molecular complexity index is 1000. The molecule has 0 atom stereocenters. The van der Waals surface area contributed by atoms with Crippen molar-refractivity contribution in [1.82, 2.24) is 0 Å². The van der Waals surface area contributed by atoms with E-state index in [1.807, 2.05) is 30.3 Å². The van der Waals surface area contributed by atoms with Crippen LogP contribution in [0, 0.1) is 0 Å². The summed E-state index contributed by atoms with van der Waals surface area (Å²) in [7, 11) is 1.56. The van der Waals surface area contributed by atoms with Gasteiger partial charge in [-0.25, -0.2) is 9.59 Å². The normalized spacial score (nSPS) is 10.2. The number of ether oxygens (including phenoxy) is 1. The molecule has 0 aliphatic heterocycles. The number of anilines is 4. The summed E-state index contributed by atoms with van der Waals surface area (Å²) in [4.78, 5) is 23.1. The summed E-state index contributed by atoms with van der Waals surface area (Å²) in [6.45, 7) is 0. The van der Waals surface area contributed by atoms with Crippen molar-refractivity contribution in [1.29, 1.82) is 0 Å². The SMILES string of the molecule is COc1ccc(Nc2cc(C(=O)O)c(C(=O)O)cc2Nc2ccccc2)cc1. The van der Waals surface area contributed by atoms with Crippen LogP contribution in [-0.2, 0) is 0 Å². The van der Waals surface area contributed by atoms with Crippen LogP contribution in [-0.4, -0.2) is 29.3 Å². The van der Waals surface area contributed by atoms with E-state index in [0.717, 1.165) is 5.69 Å². The number of para-hydroxylation sites is 1. The lowest BCUT2D eigenvalue weighted by Gasteiger charge is -2.17. The van der Waals surface area contributed by atoms with E-state index in [1.54, 1.807) is 31.4 Å². The average Bonchev–Trinajstić information content (AvgIpc) is 2.70. The lowest BCUT2D eigenvalue weighted by atomic mass is 10.0. The van der Waals surface area contributed by atoms with E-state index >= 15 is 0 Å². The van der Waals surface area contributed by atoms with Crippen LogP contribution >= 0.6 is 0 Å². The van der Waals surface area contributed by atoms with Crippen molar-refractivity contribution in [2.24, 2.45) is 0 Å². The van der Waals surface area contributed by atoms with Gasteiger partial charge in [-0.2, -0.15) is 0 Å². The molecule has 7 heteroatoms. The molecule has 142 valence electrons. The molecule has 28 heavy (non-hydrogen) atoms. The van der Waals surface area contributed by atoms with E-state index in [4.69, 9.17) is 4.74 Å². The smallest absolute Gasteiger partial charge is 0.336 e. The first-order chi connectivity index (χ1) is 13.5. The molecule has 0 radical (unpaired) electrons. The molecule has 0 saturated carbocycles. The number of nitrogens with one attached hydrogen (secondary N) is 2. The molecule has 0 spiro atoms. The monoisotopic (exact) mass is 378 g/mol. The van der Waals surface area contributed by atoms with E-state index in [9.17, 15) is 19.8 Å². The molecule has 0 saturated heterocycles. The molecule has 7 nitrogen and oxygen atoms in total. The Kier molecular flexibility index (Phi) is 5.45.